The van der Waals surface area contributed by atoms with Crippen LogP contribution in [0.15, 0.2) is 59.8 Å². The van der Waals surface area contributed by atoms with Crippen LogP contribution in [0.2, 0.25) is 0 Å². The van der Waals surface area contributed by atoms with E-state index in [-0.39, 0.29) is 18.7 Å². The summed E-state index contributed by atoms with van der Waals surface area (Å²) in [6.45, 7) is 3.78. The Morgan fingerprint density at radius 3 is 2.57 bits per heavy atom. The van der Waals surface area contributed by atoms with Crippen LogP contribution in [0.5, 0.6) is 0 Å². The van der Waals surface area contributed by atoms with E-state index in [4.69, 9.17) is 0 Å². The molecule has 0 saturated heterocycles. The van der Waals surface area contributed by atoms with E-state index in [1.54, 1.807) is 43.7 Å². The third-order valence-electron chi connectivity index (χ3n) is 4.41. The summed E-state index contributed by atoms with van der Waals surface area (Å²) in [5, 5.41) is 12.9. The van der Waals surface area contributed by atoms with Gasteiger partial charge in [0.15, 0.2) is 0 Å². The van der Waals surface area contributed by atoms with E-state index >= 15 is 0 Å². The summed E-state index contributed by atoms with van der Waals surface area (Å²) in [6.07, 6.45) is 4.03. The molecule has 0 aliphatic rings. The largest absolute Gasteiger partial charge is 0.387 e. The summed E-state index contributed by atoms with van der Waals surface area (Å²) in [4.78, 5) is 33.8. The molecule has 2 heterocycles. The van der Waals surface area contributed by atoms with E-state index in [0.29, 0.717) is 16.8 Å². The average molecular weight is 378 g/mol. The fourth-order valence-electron chi connectivity index (χ4n) is 2.81. The molecule has 1 aromatic carbocycles. The number of aryl methyl sites for hydroxylation is 2. The van der Waals surface area contributed by atoms with Crippen LogP contribution in [0, 0.1) is 13.8 Å². The molecule has 2 N–H and O–H groups in total. The van der Waals surface area contributed by atoms with Crippen LogP contribution in [0.25, 0.3) is 0 Å². The third kappa shape index (κ3) is 4.50. The minimum Gasteiger partial charge on any atom is -0.387 e. The van der Waals surface area contributed by atoms with Gasteiger partial charge in [-0.15, -0.1) is 0 Å². The van der Waals surface area contributed by atoms with Gasteiger partial charge in [-0.05, 0) is 31.0 Å². The van der Waals surface area contributed by atoms with E-state index < -0.39 is 17.6 Å². The Kier molecular flexibility index (Phi) is 5.96. The van der Waals surface area contributed by atoms with Crippen molar-refractivity contribution in [2.75, 3.05) is 6.54 Å². The minimum absolute atomic E-state index is 0.0139. The second-order valence-electron chi connectivity index (χ2n) is 6.59. The standard InChI is InChI=1S/C21H22N4O3/c1-14-8-9-25(13-17-11-22-15(2)10-23-17)21(28)19(14)20(27)24-12-18(26)16-6-4-3-5-7-16/h3-11,18,26H,12-13H2,1-2H3,(H,24,27). The first kappa shape index (κ1) is 19.4. The molecule has 0 aliphatic carbocycles. The SMILES string of the molecule is Cc1cnc(Cn2ccc(C)c(C(=O)NCC(O)c3ccccc3)c2=O)cn1. The van der Waals surface area contributed by atoms with E-state index in [1.807, 2.05) is 25.1 Å². The van der Waals surface area contributed by atoms with Crippen LogP contribution in [0.4, 0.5) is 0 Å². The van der Waals surface area contributed by atoms with Crippen molar-refractivity contribution in [3.8, 4) is 0 Å². The van der Waals surface area contributed by atoms with E-state index in [2.05, 4.69) is 15.3 Å². The highest BCUT2D eigenvalue weighted by molar-refractivity contribution is 5.95. The first-order valence-electron chi connectivity index (χ1n) is 8.94. The maximum absolute atomic E-state index is 12.8. The molecule has 0 fully saturated rings. The number of hydrogen-bond acceptors (Lipinski definition) is 5. The molecule has 144 valence electrons. The molecule has 0 spiro atoms. The average Bonchev–Trinajstić information content (AvgIpc) is 2.70. The zero-order valence-electron chi connectivity index (χ0n) is 15.8. The van der Waals surface area contributed by atoms with Crippen LogP contribution in [-0.2, 0) is 6.54 Å². The fraction of sp³-hybridized carbons (Fsp3) is 0.238. The molecule has 1 atom stereocenters. The zero-order valence-corrected chi connectivity index (χ0v) is 15.8. The summed E-state index contributed by atoms with van der Waals surface area (Å²) in [6, 6.07) is 10.7. The number of pyridine rings is 1. The van der Waals surface area contributed by atoms with Crippen molar-refractivity contribution in [1.82, 2.24) is 19.9 Å². The number of aromatic nitrogens is 3. The second kappa shape index (κ2) is 8.58. The molecular formula is C21H22N4O3. The number of amides is 1. The first-order valence-corrected chi connectivity index (χ1v) is 8.94. The summed E-state index contributed by atoms with van der Waals surface area (Å²) in [7, 11) is 0. The minimum atomic E-state index is -0.848. The molecule has 3 aromatic rings. The van der Waals surface area contributed by atoms with Gasteiger partial charge in [-0.2, -0.15) is 0 Å². The molecule has 2 aromatic heterocycles. The van der Waals surface area contributed by atoms with Crippen LogP contribution in [0.3, 0.4) is 0 Å². The van der Waals surface area contributed by atoms with Crippen molar-refractivity contribution in [3.05, 3.63) is 93.4 Å². The number of nitrogens with one attached hydrogen (secondary N) is 1. The fourth-order valence-corrected chi connectivity index (χ4v) is 2.81. The topological polar surface area (TPSA) is 97.1 Å². The lowest BCUT2D eigenvalue weighted by Gasteiger charge is -2.14. The van der Waals surface area contributed by atoms with Gasteiger partial charge in [-0.3, -0.25) is 19.6 Å². The molecular weight excluding hydrogens is 356 g/mol. The van der Waals surface area contributed by atoms with Gasteiger partial charge in [0, 0.05) is 18.9 Å². The molecule has 28 heavy (non-hydrogen) atoms. The number of carbonyl (C=O) groups excluding carboxylic acids is 1. The number of nitrogens with zero attached hydrogens (tertiary/aromatic N) is 3. The summed E-state index contributed by atoms with van der Waals surface area (Å²) in [5.74, 6) is -0.512. The van der Waals surface area contributed by atoms with E-state index in [1.165, 1.54) is 4.57 Å². The van der Waals surface area contributed by atoms with Gasteiger partial charge in [0.2, 0.25) is 0 Å². The summed E-state index contributed by atoms with van der Waals surface area (Å²) >= 11 is 0. The maximum Gasteiger partial charge on any atom is 0.264 e. The number of aliphatic hydroxyl groups excluding tert-OH is 1. The monoisotopic (exact) mass is 378 g/mol. The Hall–Kier alpha value is -3.32. The smallest absolute Gasteiger partial charge is 0.264 e. The Morgan fingerprint density at radius 1 is 1.14 bits per heavy atom. The Balaban J connectivity index is 1.76. The number of rotatable bonds is 6. The maximum atomic E-state index is 12.8. The van der Waals surface area contributed by atoms with Crippen molar-refractivity contribution in [2.45, 2.75) is 26.5 Å². The highest BCUT2D eigenvalue weighted by Crippen LogP contribution is 2.11. The van der Waals surface area contributed by atoms with Gasteiger partial charge in [-0.1, -0.05) is 30.3 Å². The van der Waals surface area contributed by atoms with Crippen LogP contribution < -0.4 is 10.9 Å². The van der Waals surface area contributed by atoms with Crippen molar-refractivity contribution in [2.24, 2.45) is 0 Å². The molecule has 7 nitrogen and oxygen atoms in total. The molecule has 0 bridgehead atoms. The van der Waals surface area contributed by atoms with Gasteiger partial charge < -0.3 is 15.0 Å². The zero-order chi connectivity index (χ0) is 20.1. The first-order chi connectivity index (χ1) is 13.5. The van der Waals surface area contributed by atoms with Crippen molar-refractivity contribution >= 4 is 5.91 Å². The molecule has 1 unspecified atom stereocenters. The lowest BCUT2D eigenvalue weighted by Crippen LogP contribution is -2.36. The van der Waals surface area contributed by atoms with E-state index in [9.17, 15) is 14.7 Å². The molecule has 1 amide bonds. The quantitative estimate of drug-likeness (QED) is 0.681. The number of carbonyl (C=O) groups is 1. The molecule has 0 radical (unpaired) electrons. The molecule has 0 aliphatic heterocycles. The van der Waals surface area contributed by atoms with Gasteiger partial charge in [-0.25, -0.2) is 0 Å². The second-order valence-corrected chi connectivity index (χ2v) is 6.59. The van der Waals surface area contributed by atoms with Crippen LogP contribution >= 0.6 is 0 Å². The highest BCUT2D eigenvalue weighted by Gasteiger charge is 2.17. The van der Waals surface area contributed by atoms with Crippen LogP contribution in [-0.4, -0.2) is 32.1 Å². The predicted molar refractivity (Wildman–Crippen MR) is 105 cm³/mol. The molecule has 3 rings (SSSR count). The number of benzene rings is 1. The molecule has 0 saturated carbocycles. The lowest BCUT2D eigenvalue weighted by atomic mass is 10.1. The third-order valence-corrected chi connectivity index (χ3v) is 4.41. The van der Waals surface area contributed by atoms with Gasteiger partial charge in [0.1, 0.15) is 5.56 Å². The lowest BCUT2D eigenvalue weighted by molar-refractivity contribution is 0.0913. The summed E-state index contributed by atoms with van der Waals surface area (Å²) < 4.78 is 1.43. The van der Waals surface area contributed by atoms with E-state index in [0.717, 1.165) is 5.69 Å². The Bertz CT molecular complexity index is 1010. The number of hydrogen-bond donors (Lipinski definition) is 2. The predicted octanol–water partition coefficient (Wildman–Crippen LogP) is 1.77. The normalized spacial score (nSPS) is 11.8. The van der Waals surface area contributed by atoms with Gasteiger partial charge >= 0.3 is 0 Å². The molecule has 7 heteroatoms. The number of aliphatic hydroxyl groups is 1. The van der Waals surface area contributed by atoms with Crippen molar-refractivity contribution in [3.63, 3.8) is 0 Å². The Morgan fingerprint density at radius 2 is 1.89 bits per heavy atom. The van der Waals surface area contributed by atoms with Gasteiger partial charge in [0.25, 0.3) is 11.5 Å². The van der Waals surface area contributed by atoms with Crippen molar-refractivity contribution in [1.29, 1.82) is 0 Å². The van der Waals surface area contributed by atoms with Gasteiger partial charge in [0.05, 0.1) is 30.2 Å². The highest BCUT2D eigenvalue weighted by atomic mass is 16.3. The van der Waals surface area contributed by atoms with Crippen LogP contribution in [0.1, 0.15) is 39.0 Å². The summed E-state index contributed by atoms with van der Waals surface area (Å²) in [5.41, 5.74) is 2.34. The van der Waals surface area contributed by atoms with Crippen molar-refractivity contribution < 1.29 is 9.90 Å². The Labute approximate surface area is 162 Å².